The van der Waals surface area contributed by atoms with Crippen LogP contribution in [-0.4, -0.2) is 42.0 Å². The molecule has 5 heteroatoms. The van der Waals surface area contributed by atoms with Crippen LogP contribution in [0.2, 0.25) is 0 Å². The minimum absolute atomic E-state index is 0.255. The van der Waals surface area contributed by atoms with Gasteiger partial charge in [-0.1, -0.05) is 6.07 Å². The zero-order chi connectivity index (χ0) is 11.8. The topological polar surface area (TPSA) is 61.7 Å². The van der Waals surface area contributed by atoms with Crippen molar-refractivity contribution in [1.29, 1.82) is 0 Å². The van der Waals surface area contributed by atoms with Gasteiger partial charge in [0.2, 0.25) is 0 Å². The number of aliphatic hydroxyl groups excluding tert-OH is 2. The lowest BCUT2D eigenvalue weighted by Gasteiger charge is -2.11. The zero-order valence-electron chi connectivity index (χ0n) is 8.90. The molecule has 16 heavy (non-hydrogen) atoms. The molecule has 0 radical (unpaired) electrons. The Morgan fingerprint density at radius 2 is 2.25 bits per heavy atom. The summed E-state index contributed by atoms with van der Waals surface area (Å²) < 4.78 is 5.35. The molecule has 0 aliphatic heterocycles. The summed E-state index contributed by atoms with van der Waals surface area (Å²) in [5.41, 5.74) is 0.833. The Labute approximate surface area is 99.8 Å². The van der Waals surface area contributed by atoms with E-state index in [4.69, 9.17) is 26.6 Å². The Morgan fingerprint density at radius 1 is 1.44 bits per heavy atom. The number of alkyl halides is 1. The van der Waals surface area contributed by atoms with Crippen LogP contribution < -0.4 is 10.1 Å². The normalized spacial score (nSPS) is 12.2. The molecule has 1 aromatic rings. The molecule has 0 bridgehead atoms. The highest BCUT2D eigenvalue weighted by atomic mass is 35.5. The molecule has 4 nitrogen and oxygen atoms in total. The average Bonchev–Trinajstić information content (AvgIpc) is 2.34. The summed E-state index contributed by atoms with van der Waals surface area (Å²) in [5, 5.41) is 20.8. The molecular formula is C11H16ClNO3. The third-order valence-corrected chi connectivity index (χ3v) is 2.09. The maximum absolute atomic E-state index is 9.17. The van der Waals surface area contributed by atoms with Crippen molar-refractivity contribution in [2.24, 2.45) is 0 Å². The number of ether oxygens (including phenoxy) is 1. The summed E-state index contributed by atoms with van der Waals surface area (Å²) in [6.45, 7) is 0.509. The van der Waals surface area contributed by atoms with Crippen molar-refractivity contribution < 1.29 is 14.9 Å². The molecule has 0 aromatic heterocycles. The summed E-state index contributed by atoms with van der Waals surface area (Å²) in [5.74, 6) is 1.17. The Morgan fingerprint density at radius 3 is 2.94 bits per heavy atom. The maximum atomic E-state index is 9.17. The lowest BCUT2D eigenvalue weighted by molar-refractivity contribution is 0.105. The molecule has 0 saturated heterocycles. The van der Waals surface area contributed by atoms with Crippen molar-refractivity contribution in [3.8, 4) is 5.75 Å². The van der Waals surface area contributed by atoms with Gasteiger partial charge in [0, 0.05) is 18.3 Å². The van der Waals surface area contributed by atoms with E-state index in [-0.39, 0.29) is 6.61 Å². The lowest BCUT2D eigenvalue weighted by Crippen LogP contribution is -2.22. The van der Waals surface area contributed by atoms with Gasteiger partial charge in [-0.25, -0.2) is 0 Å². The van der Waals surface area contributed by atoms with E-state index in [0.717, 1.165) is 11.4 Å². The van der Waals surface area contributed by atoms with E-state index in [2.05, 4.69) is 5.32 Å². The summed E-state index contributed by atoms with van der Waals surface area (Å²) in [4.78, 5) is 0. The molecular weight excluding hydrogens is 230 g/mol. The first kappa shape index (κ1) is 13.1. The number of benzene rings is 1. The van der Waals surface area contributed by atoms with Gasteiger partial charge in [0.25, 0.3) is 0 Å². The fraction of sp³-hybridized carbons (Fsp3) is 0.455. The van der Waals surface area contributed by atoms with Gasteiger partial charge in [-0.05, 0) is 12.1 Å². The van der Waals surface area contributed by atoms with Crippen molar-refractivity contribution >= 4 is 17.3 Å². The van der Waals surface area contributed by atoms with Crippen molar-refractivity contribution in [2.75, 3.05) is 31.0 Å². The SMILES string of the molecule is OCC(O)CNc1cccc(OCCCl)c1. The highest BCUT2D eigenvalue weighted by Gasteiger charge is 2.01. The van der Waals surface area contributed by atoms with Crippen LogP contribution in [0.15, 0.2) is 24.3 Å². The number of aliphatic hydroxyl groups is 2. The Balaban J connectivity index is 2.46. The third kappa shape index (κ3) is 4.70. The van der Waals surface area contributed by atoms with Gasteiger partial charge in [-0.15, -0.1) is 11.6 Å². The van der Waals surface area contributed by atoms with Gasteiger partial charge in [0.05, 0.1) is 18.6 Å². The van der Waals surface area contributed by atoms with Gasteiger partial charge >= 0.3 is 0 Å². The highest BCUT2D eigenvalue weighted by molar-refractivity contribution is 6.18. The van der Waals surface area contributed by atoms with Crippen LogP contribution in [0.1, 0.15) is 0 Å². The molecule has 0 heterocycles. The van der Waals surface area contributed by atoms with Gasteiger partial charge in [0.15, 0.2) is 0 Å². The molecule has 0 aliphatic carbocycles. The van der Waals surface area contributed by atoms with Gasteiger partial charge in [0.1, 0.15) is 12.4 Å². The average molecular weight is 246 g/mol. The summed E-state index contributed by atoms with van der Waals surface area (Å²) in [6.07, 6.45) is -0.757. The van der Waals surface area contributed by atoms with E-state index in [0.29, 0.717) is 19.0 Å². The molecule has 1 unspecified atom stereocenters. The van der Waals surface area contributed by atoms with Crippen molar-refractivity contribution in [3.05, 3.63) is 24.3 Å². The van der Waals surface area contributed by atoms with Gasteiger partial charge in [-0.3, -0.25) is 0 Å². The molecule has 1 aromatic carbocycles. The molecule has 3 N–H and O–H groups in total. The Kier molecular flexibility index (Phi) is 6.00. The minimum Gasteiger partial charge on any atom is -0.492 e. The lowest BCUT2D eigenvalue weighted by atomic mass is 10.3. The van der Waals surface area contributed by atoms with Crippen LogP contribution in [0.5, 0.6) is 5.75 Å². The van der Waals surface area contributed by atoms with Crippen LogP contribution in [0.25, 0.3) is 0 Å². The smallest absolute Gasteiger partial charge is 0.121 e. The van der Waals surface area contributed by atoms with Crippen molar-refractivity contribution in [3.63, 3.8) is 0 Å². The number of anilines is 1. The number of nitrogens with one attached hydrogen (secondary N) is 1. The van der Waals surface area contributed by atoms with E-state index in [1.807, 2.05) is 24.3 Å². The zero-order valence-corrected chi connectivity index (χ0v) is 9.65. The van der Waals surface area contributed by atoms with Gasteiger partial charge in [-0.2, -0.15) is 0 Å². The van der Waals surface area contributed by atoms with E-state index in [9.17, 15) is 0 Å². The predicted molar refractivity (Wildman–Crippen MR) is 64.2 cm³/mol. The Bertz CT molecular complexity index is 309. The molecule has 0 aliphatic rings. The first-order chi connectivity index (χ1) is 7.76. The van der Waals surface area contributed by atoms with Crippen LogP contribution in [0.4, 0.5) is 5.69 Å². The first-order valence-corrected chi connectivity index (χ1v) is 5.61. The van der Waals surface area contributed by atoms with E-state index in [1.54, 1.807) is 0 Å². The van der Waals surface area contributed by atoms with Crippen molar-refractivity contribution in [2.45, 2.75) is 6.10 Å². The second-order valence-corrected chi connectivity index (χ2v) is 3.66. The highest BCUT2D eigenvalue weighted by Crippen LogP contribution is 2.17. The number of rotatable bonds is 7. The monoisotopic (exact) mass is 245 g/mol. The minimum atomic E-state index is -0.757. The largest absolute Gasteiger partial charge is 0.492 e. The molecule has 0 spiro atoms. The van der Waals surface area contributed by atoms with Crippen molar-refractivity contribution in [1.82, 2.24) is 0 Å². The number of halogens is 1. The molecule has 90 valence electrons. The number of hydrogen-bond donors (Lipinski definition) is 3. The fourth-order valence-electron chi connectivity index (χ4n) is 1.15. The fourth-order valence-corrected chi connectivity index (χ4v) is 1.23. The summed E-state index contributed by atoms with van der Waals surface area (Å²) in [6, 6.07) is 7.35. The van der Waals surface area contributed by atoms with Crippen LogP contribution in [-0.2, 0) is 0 Å². The first-order valence-electron chi connectivity index (χ1n) is 5.08. The van der Waals surface area contributed by atoms with Gasteiger partial charge < -0.3 is 20.3 Å². The summed E-state index contributed by atoms with van der Waals surface area (Å²) >= 11 is 5.51. The molecule has 0 fully saturated rings. The standard InChI is InChI=1S/C11H16ClNO3/c12-4-5-16-11-3-1-2-9(6-11)13-7-10(15)8-14/h1-3,6,10,13-15H,4-5,7-8H2. The Hall–Kier alpha value is -0.970. The van der Waals surface area contributed by atoms with E-state index >= 15 is 0 Å². The predicted octanol–water partition coefficient (Wildman–Crippen LogP) is 1.07. The third-order valence-electron chi connectivity index (χ3n) is 1.93. The van der Waals surface area contributed by atoms with E-state index in [1.165, 1.54) is 0 Å². The van der Waals surface area contributed by atoms with E-state index < -0.39 is 6.10 Å². The van der Waals surface area contributed by atoms with Crippen LogP contribution >= 0.6 is 11.6 Å². The quantitative estimate of drug-likeness (QED) is 0.629. The summed E-state index contributed by atoms with van der Waals surface area (Å²) in [7, 11) is 0. The molecule has 1 rings (SSSR count). The maximum Gasteiger partial charge on any atom is 0.121 e. The van der Waals surface area contributed by atoms with Crippen LogP contribution in [0, 0.1) is 0 Å². The van der Waals surface area contributed by atoms with Crippen LogP contribution in [0.3, 0.4) is 0 Å². The second kappa shape index (κ2) is 7.33. The second-order valence-electron chi connectivity index (χ2n) is 3.28. The number of hydrogen-bond acceptors (Lipinski definition) is 4. The molecule has 1 atom stereocenters. The molecule has 0 saturated carbocycles. The molecule has 0 amide bonds.